The fraction of sp³-hybridized carbons (Fsp3) is 0.0250. The minimum Gasteiger partial charge on any atom is -0.449 e. The van der Waals surface area contributed by atoms with Crippen molar-refractivity contribution in [3.8, 4) is 101 Å². The van der Waals surface area contributed by atoms with E-state index in [1.165, 1.54) is 94.6 Å². The van der Waals surface area contributed by atoms with Crippen LogP contribution < -0.4 is 14.4 Å². The van der Waals surface area contributed by atoms with Gasteiger partial charge in [-0.3, -0.25) is 0 Å². The third-order valence-corrected chi connectivity index (χ3v) is 18.6. The standard InChI is InChI=1S/C80H49NO2/c1-2-20-50(21-3-1)55-22-10-17-38-72(55)81(53-44-40-51(41-45-53)56-29-18-37-70-75(56)62-27-8-15-35-68(62)79(70)64-31-11-4-23-58(64)59-24-5-12-32-65(59)79)54-46-42-52(43-47-54)57-30-19-39-73-77(57)82-74-49-48-71-76(78(74)83-73)63-28-9-16-36-69(63)80(71)66-33-13-6-25-60(66)61-26-7-14-34-67(61)80/h1-49H. The highest BCUT2D eigenvalue weighted by Crippen LogP contribution is 2.68. The van der Waals surface area contributed by atoms with Crippen molar-refractivity contribution in [2.75, 3.05) is 4.90 Å². The van der Waals surface area contributed by atoms with Gasteiger partial charge in [-0.25, -0.2) is 0 Å². The molecule has 0 saturated carbocycles. The highest BCUT2D eigenvalue weighted by molar-refractivity contribution is 6.02. The van der Waals surface area contributed by atoms with Crippen LogP contribution in [0.3, 0.4) is 0 Å². The van der Waals surface area contributed by atoms with Gasteiger partial charge >= 0.3 is 0 Å². The van der Waals surface area contributed by atoms with Crippen molar-refractivity contribution in [2.24, 2.45) is 0 Å². The summed E-state index contributed by atoms with van der Waals surface area (Å²) >= 11 is 0. The molecule has 13 aromatic carbocycles. The van der Waals surface area contributed by atoms with Crippen LogP contribution in [-0.4, -0.2) is 0 Å². The zero-order chi connectivity index (χ0) is 54.4. The van der Waals surface area contributed by atoms with E-state index >= 15 is 0 Å². The lowest BCUT2D eigenvalue weighted by Crippen LogP contribution is -2.25. The summed E-state index contributed by atoms with van der Waals surface area (Å²) in [5.74, 6) is 2.85. The van der Waals surface area contributed by atoms with E-state index in [0.29, 0.717) is 17.2 Å². The number of nitrogens with zero attached hydrogens (tertiary/aromatic N) is 1. The molecule has 0 amide bonds. The van der Waals surface area contributed by atoms with Crippen molar-refractivity contribution >= 4 is 17.1 Å². The average Bonchev–Trinajstić information content (AvgIpc) is 2.21. The molecule has 0 N–H and O–H groups in total. The summed E-state index contributed by atoms with van der Waals surface area (Å²) in [5.41, 5.74) is 29.4. The molecule has 18 rings (SSSR count). The molecule has 13 aromatic rings. The Bertz CT molecular complexity index is 4770. The van der Waals surface area contributed by atoms with Gasteiger partial charge in [0.2, 0.25) is 0 Å². The molecule has 1 heterocycles. The molecule has 2 spiro atoms. The van der Waals surface area contributed by atoms with E-state index in [9.17, 15) is 0 Å². The van der Waals surface area contributed by atoms with Gasteiger partial charge in [-0.15, -0.1) is 0 Å². The van der Waals surface area contributed by atoms with Gasteiger partial charge in [0.15, 0.2) is 23.0 Å². The molecular weight excluding hydrogens is 1010 g/mol. The number of rotatable bonds is 6. The molecule has 0 saturated heterocycles. The molecule has 4 aliphatic carbocycles. The van der Waals surface area contributed by atoms with Crippen molar-refractivity contribution in [3.63, 3.8) is 0 Å². The van der Waals surface area contributed by atoms with Crippen LogP contribution >= 0.6 is 0 Å². The monoisotopic (exact) mass is 1060 g/mol. The van der Waals surface area contributed by atoms with Crippen molar-refractivity contribution in [3.05, 3.63) is 342 Å². The summed E-state index contributed by atoms with van der Waals surface area (Å²) in [6.07, 6.45) is 0. The summed E-state index contributed by atoms with van der Waals surface area (Å²) in [4.78, 5) is 2.39. The zero-order valence-electron chi connectivity index (χ0n) is 45.1. The SMILES string of the molecule is c1ccc(-c2ccccc2N(c2ccc(-c3cccc4c3Oc3ccc5c(c3O4)-c3ccccc3C53c4ccccc4-c4ccccc43)cc2)c2ccc(-c3cccc4c3-c3ccccc3C43c4ccccc4-c4ccccc43)cc2)cc1. The second kappa shape index (κ2) is 17.4. The molecule has 0 radical (unpaired) electrons. The van der Waals surface area contributed by atoms with Gasteiger partial charge in [-0.2, -0.15) is 0 Å². The Morgan fingerprint density at radius 3 is 1.13 bits per heavy atom. The van der Waals surface area contributed by atoms with Crippen LogP contribution in [-0.2, 0) is 10.8 Å². The Balaban J connectivity index is 0.730. The minimum absolute atomic E-state index is 0.407. The maximum Gasteiger partial charge on any atom is 0.178 e. The second-order valence-electron chi connectivity index (χ2n) is 22.5. The van der Waals surface area contributed by atoms with Gasteiger partial charge in [-0.05, 0) is 148 Å². The largest absolute Gasteiger partial charge is 0.449 e. The maximum atomic E-state index is 7.15. The minimum atomic E-state index is -0.478. The predicted octanol–water partition coefficient (Wildman–Crippen LogP) is 20.7. The lowest BCUT2D eigenvalue weighted by Gasteiger charge is -2.31. The van der Waals surface area contributed by atoms with E-state index in [1.807, 2.05) is 6.07 Å². The zero-order valence-corrected chi connectivity index (χ0v) is 45.1. The van der Waals surface area contributed by atoms with Gasteiger partial charge in [0.25, 0.3) is 0 Å². The topological polar surface area (TPSA) is 21.7 Å². The fourth-order valence-electron chi connectivity index (χ4n) is 15.4. The summed E-state index contributed by atoms with van der Waals surface area (Å²) in [6, 6.07) is 109. The lowest BCUT2D eigenvalue weighted by atomic mass is 9.70. The van der Waals surface area contributed by atoms with E-state index in [2.05, 4.69) is 296 Å². The average molecular weight is 1060 g/mol. The number of fused-ring (bicyclic) bond motifs is 23. The number of hydrogen-bond acceptors (Lipinski definition) is 3. The Morgan fingerprint density at radius 2 is 0.578 bits per heavy atom. The summed E-state index contributed by atoms with van der Waals surface area (Å²) in [7, 11) is 0. The van der Waals surface area contributed by atoms with Crippen LogP contribution in [0.1, 0.15) is 44.5 Å². The Morgan fingerprint density at radius 1 is 0.217 bits per heavy atom. The second-order valence-corrected chi connectivity index (χ2v) is 22.5. The number of ether oxygens (including phenoxy) is 2. The summed E-state index contributed by atoms with van der Waals surface area (Å²) in [5, 5.41) is 0. The molecule has 386 valence electrons. The molecule has 0 unspecified atom stereocenters. The summed E-state index contributed by atoms with van der Waals surface area (Å²) in [6.45, 7) is 0. The lowest BCUT2D eigenvalue weighted by molar-refractivity contribution is 0.361. The maximum absolute atomic E-state index is 7.15. The normalized spacial score (nSPS) is 13.9. The molecule has 0 bridgehead atoms. The first-order valence-corrected chi connectivity index (χ1v) is 28.7. The van der Waals surface area contributed by atoms with Crippen molar-refractivity contribution in [2.45, 2.75) is 10.8 Å². The fourth-order valence-corrected chi connectivity index (χ4v) is 15.4. The number of anilines is 3. The third kappa shape index (κ3) is 6.18. The van der Waals surface area contributed by atoms with Gasteiger partial charge in [0.1, 0.15) is 0 Å². The van der Waals surface area contributed by atoms with Crippen molar-refractivity contribution in [1.29, 1.82) is 0 Å². The van der Waals surface area contributed by atoms with E-state index in [-0.39, 0.29) is 0 Å². The van der Waals surface area contributed by atoms with Crippen molar-refractivity contribution < 1.29 is 9.47 Å². The first-order valence-electron chi connectivity index (χ1n) is 28.7. The Kier molecular flexibility index (Phi) is 9.64. The highest BCUT2D eigenvalue weighted by Gasteiger charge is 2.54. The molecule has 0 fully saturated rings. The van der Waals surface area contributed by atoms with Crippen LogP contribution in [0.25, 0.3) is 77.9 Å². The number of hydrogen-bond donors (Lipinski definition) is 0. The predicted molar refractivity (Wildman–Crippen MR) is 337 cm³/mol. The van der Waals surface area contributed by atoms with Crippen LogP contribution in [0.15, 0.2) is 297 Å². The number of benzene rings is 13. The smallest absolute Gasteiger partial charge is 0.178 e. The Labute approximate surface area is 482 Å². The molecule has 0 aromatic heterocycles. The quantitative estimate of drug-likeness (QED) is 0.166. The van der Waals surface area contributed by atoms with E-state index in [0.717, 1.165) is 50.6 Å². The first kappa shape index (κ1) is 46.1. The summed E-state index contributed by atoms with van der Waals surface area (Å²) < 4.78 is 14.2. The van der Waals surface area contributed by atoms with Gasteiger partial charge < -0.3 is 14.4 Å². The van der Waals surface area contributed by atoms with E-state index < -0.39 is 10.8 Å². The molecule has 3 heteroatoms. The van der Waals surface area contributed by atoms with Crippen LogP contribution in [0, 0.1) is 0 Å². The molecule has 83 heavy (non-hydrogen) atoms. The molecular formula is C80H49NO2. The molecule has 5 aliphatic rings. The highest BCUT2D eigenvalue weighted by atomic mass is 16.6. The Hall–Kier alpha value is -10.7. The van der Waals surface area contributed by atoms with Gasteiger partial charge in [-0.1, -0.05) is 255 Å². The molecule has 1 aliphatic heterocycles. The van der Waals surface area contributed by atoms with Crippen LogP contribution in [0.4, 0.5) is 17.1 Å². The van der Waals surface area contributed by atoms with Crippen LogP contribution in [0.5, 0.6) is 23.0 Å². The van der Waals surface area contributed by atoms with Crippen molar-refractivity contribution in [1.82, 2.24) is 0 Å². The van der Waals surface area contributed by atoms with Gasteiger partial charge in [0, 0.05) is 28.1 Å². The van der Waals surface area contributed by atoms with E-state index in [4.69, 9.17) is 9.47 Å². The van der Waals surface area contributed by atoms with E-state index in [1.54, 1.807) is 0 Å². The third-order valence-electron chi connectivity index (χ3n) is 18.6. The number of para-hydroxylation sites is 2. The molecule has 0 atom stereocenters. The molecule has 3 nitrogen and oxygen atoms in total. The first-order chi connectivity index (χ1) is 41.2. The van der Waals surface area contributed by atoms with Gasteiger partial charge in [0.05, 0.1) is 16.5 Å². The van der Waals surface area contributed by atoms with Crippen LogP contribution in [0.2, 0.25) is 0 Å².